The lowest BCUT2D eigenvalue weighted by Gasteiger charge is -2.22. The van der Waals surface area contributed by atoms with Crippen LogP contribution in [0, 0.1) is 0 Å². The van der Waals surface area contributed by atoms with Crippen LogP contribution in [0.4, 0.5) is 4.79 Å². The average Bonchev–Trinajstić information content (AvgIpc) is 2.56. The summed E-state index contributed by atoms with van der Waals surface area (Å²) in [6.07, 6.45) is -1.97. The maximum Gasteiger partial charge on any atom is 0.506 e. The first kappa shape index (κ1) is 14.3. The van der Waals surface area contributed by atoms with E-state index >= 15 is 0 Å². The number of hydrogen-bond acceptors (Lipinski definition) is 5. The highest BCUT2D eigenvalue weighted by Gasteiger charge is 2.45. The van der Waals surface area contributed by atoms with Crippen LogP contribution in [0.3, 0.4) is 0 Å². The van der Waals surface area contributed by atoms with E-state index in [1.165, 1.54) is 0 Å². The van der Waals surface area contributed by atoms with Gasteiger partial charge >= 0.3 is 6.16 Å². The molecule has 1 heterocycles. The predicted octanol–water partition coefficient (Wildman–Crippen LogP) is 0.121. The van der Waals surface area contributed by atoms with Gasteiger partial charge in [0, 0.05) is 12.6 Å². The van der Waals surface area contributed by atoms with Gasteiger partial charge in [-0.15, -0.1) is 0 Å². The van der Waals surface area contributed by atoms with Gasteiger partial charge in [-0.05, 0) is 6.42 Å². The van der Waals surface area contributed by atoms with Crippen LogP contribution in [0.5, 0.6) is 0 Å². The minimum atomic E-state index is -1.43. The molecule has 7 heteroatoms. The van der Waals surface area contributed by atoms with Crippen molar-refractivity contribution in [2.24, 2.45) is 0 Å². The molecule has 2 radical (unpaired) electrons. The van der Waals surface area contributed by atoms with Crippen LogP contribution < -0.4 is 0 Å². The van der Waals surface area contributed by atoms with E-state index in [4.69, 9.17) is 27.5 Å². The number of aliphatic hydroxyl groups excluding tert-OH is 1. The van der Waals surface area contributed by atoms with Crippen LogP contribution >= 0.6 is 0 Å². The molecule has 0 aromatic heterocycles. The van der Waals surface area contributed by atoms with E-state index in [0.717, 1.165) is 12.8 Å². The van der Waals surface area contributed by atoms with Gasteiger partial charge in [0.25, 0.3) is 0 Å². The zero-order valence-corrected chi connectivity index (χ0v) is 9.74. The lowest BCUT2D eigenvalue weighted by molar-refractivity contribution is -0.0522. The molecular formula is C10H17BO6. The van der Waals surface area contributed by atoms with E-state index in [9.17, 15) is 4.79 Å². The summed E-state index contributed by atoms with van der Waals surface area (Å²) in [5.74, 6) is 0. The quantitative estimate of drug-likeness (QED) is 0.392. The zero-order valence-electron chi connectivity index (χ0n) is 9.74. The molecule has 0 aromatic carbocycles. The lowest BCUT2D eigenvalue weighted by atomic mass is 9.92. The topological polar surface area (TPSA) is 85.2 Å². The van der Waals surface area contributed by atoms with Gasteiger partial charge in [0.15, 0.2) is 6.10 Å². The number of ether oxygens (including phenoxy) is 3. The molecule has 0 saturated carbocycles. The normalized spacial score (nSPS) is 32.6. The van der Waals surface area contributed by atoms with E-state index in [-0.39, 0.29) is 6.61 Å². The van der Waals surface area contributed by atoms with Gasteiger partial charge in [-0.3, -0.25) is 0 Å². The highest BCUT2D eigenvalue weighted by molar-refractivity contribution is 6.11. The molecule has 4 atom stereocenters. The Hall–Kier alpha value is -0.785. The number of aliphatic hydroxyl groups is 1. The summed E-state index contributed by atoms with van der Waals surface area (Å²) in [5.41, 5.74) is 0. The summed E-state index contributed by atoms with van der Waals surface area (Å²) >= 11 is 0. The number of rotatable bonds is 6. The Morgan fingerprint density at radius 3 is 2.71 bits per heavy atom. The first-order chi connectivity index (χ1) is 8.10. The van der Waals surface area contributed by atoms with Gasteiger partial charge in [-0.1, -0.05) is 13.3 Å². The van der Waals surface area contributed by atoms with E-state index in [1.807, 2.05) is 6.92 Å². The molecule has 0 aromatic rings. The highest BCUT2D eigenvalue weighted by Crippen LogP contribution is 2.25. The Balaban J connectivity index is 2.58. The fourth-order valence-electron chi connectivity index (χ4n) is 1.71. The molecule has 1 aliphatic heterocycles. The van der Waals surface area contributed by atoms with Gasteiger partial charge < -0.3 is 24.4 Å². The first-order valence-corrected chi connectivity index (χ1v) is 5.63. The Bertz CT molecular complexity index is 249. The molecule has 96 valence electrons. The molecule has 1 aliphatic rings. The van der Waals surface area contributed by atoms with Crippen molar-refractivity contribution in [2.45, 2.75) is 44.1 Å². The Labute approximate surface area is 101 Å². The van der Waals surface area contributed by atoms with Crippen LogP contribution in [0.2, 0.25) is 0 Å². The van der Waals surface area contributed by atoms with Gasteiger partial charge in [-0.25, -0.2) is 4.79 Å². The minimum absolute atomic E-state index is 0.362. The lowest BCUT2D eigenvalue weighted by Crippen LogP contribution is -2.40. The van der Waals surface area contributed by atoms with Crippen LogP contribution in [-0.4, -0.2) is 61.7 Å². The molecule has 0 spiro atoms. The Kier molecular flexibility index (Phi) is 5.74. The molecule has 0 bridgehead atoms. The monoisotopic (exact) mass is 244 g/mol. The predicted molar refractivity (Wildman–Crippen MR) is 59.0 cm³/mol. The van der Waals surface area contributed by atoms with Crippen molar-refractivity contribution in [3.05, 3.63) is 0 Å². The second kappa shape index (κ2) is 6.83. The summed E-state index contributed by atoms with van der Waals surface area (Å²) in [5, 5.41) is 17.7. The molecule has 1 saturated heterocycles. The van der Waals surface area contributed by atoms with Crippen molar-refractivity contribution >= 4 is 14.0 Å². The van der Waals surface area contributed by atoms with E-state index in [2.05, 4.69) is 4.74 Å². The van der Waals surface area contributed by atoms with Gasteiger partial charge in [0.05, 0.1) is 6.61 Å². The fraction of sp³-hybridized carbons (Fsp3) is 0.900. The molecule has 0 aliphatic carbocycles. The minimum Gasteiger partial charge on any atom is -0.450 e. The zero-order chi connectivity index (χ0) is 12.8. The highest BCUT2D eigenvalue weighted by atomic mass is 16.7. The summed E-state index contributed by atoms with van der Waals surface area (Å²) in [7, 11) is 5.66. The maximum absolute atomic E-state index is 10.5. The Morgan fingerprint density at radius 2 is 2.18 bits per heavy atom. The van der Waals surface area contributed by atoms with Crippen molar-refractivity contribution in [2.75, 3.05) is 13.2 Å². The average molecular weight is 244 g/mol. The van der Waals surface area contributed by atoms with Crippen molar-refractivity contribution < 1.29 is 29.2 Å². The molecule has 1 rings (SSSR count). The molecule has 1 fully saturated rings. The molecule has 17 heavy (non-hydrogen) atoms. The van der Waals surface area contributed by atoms with E-state index in [0.29, 0.717) is 6.61 Å². The molecule has 4 unspecified atom stereocenters. The van der Waals surface area contributed by atoms with E-state index in [1.54, 1.807) is 0 Å². The van der Waals surface area contributed by atoms with Crippen LogP contribution in [-0.2, 0) is 14.2 Å². The van der Waals surface area contributed by atoms with Crippen molar-refractivity contribution in [3.63, 3.8) is 0 Å². The van der Waals surface area contributed by atoms with Crippen LogP contribution in [0.15, 0.2) is 0 Å². The second-order valence-electron chi connectivity index (χ2n) is 3.86. The number of carboxylic acid groups (broad SMARTS) is 1. The summed E-state index contributed by atoms with van der Waals surface area (Å²) < 4.78 is 15.3. The summed E-state index contributed by atoms with van der Waals surface area (Å²) in [6.45, 7) is 2.10. The number of unbranched alkanes of at least 4 members (excludes halogenated alkanes) is 1. The SMILES string of the molecule is [B]C1OC(CO)C(OC(=O)O)C1OCCCC. The smallest absolute Gasteiger partial charge is 0.450 e. The molecule has 2 N–H and O–H groups in total. The van der Waals surface area contributed by atoms with Crippen molar-refractivity contribution in [3.8, 4) is 0 Å². The molecule has 6 nitrogen and oxygen atoms in total. The third-order valence-corrected chi connectivity index (χ3v) is 2.57. The summed E-state index contributed by atoms with van der Waals surface area (Å²) in [4.78, 5) is 10.5. The standard InChI is InChI=1S/C10H17BO6/c1-2-3-4-15-8-7(17-10(13)14)6(5-12)16-9(8)11/h6-9,12H,2-5H2,1H3,(H,13,14). The first-order valence-electron chi connectivity index (χ1n) is 5.63. The number of hydrogen-bond donors (Lipinski definition) is 2. The number of carbonyl (C=O) groups is 1. The Morgan fingerprint density at radius 1 is 1.47 bits per heavy atom. The molecule has 0 amide bonds. The summed E-state index contributed by atoms with van der Waals surface area (Å²) in [6, 6.07) is -0.784. The second-order valence-corrected chi connectivity index (χ2v) is 3.86. The van der Waals surface area contributed by atoms with Crippen LogP contribution in [0.25, 0.3) is 0 Å². The van der Waals surface area contributed by atoms with Crippen molar-refractivity contribution in [1.82, 2.24) is 0 Å². The van der Waals surface area contributed by atoms with Gasteiger partial charge in [0.1, 0.15) is 20.1 Å². The largest absolute Gasteiger partial charge is 0.506 e. The van der Waals surface area contributed by atoms with Crippen molar-refractivity contribution in [1.29, 1.82) is 0 Å². The van der Waals surface area contributed by atoms with E-state index < -0.39 is 30.5 Å². The fourth-order valence-corrected chi connectivity index (χ4v) is 1.71. The third-order valence-electron chi connectivity index (χ3n) is 2.57. The van der Waals surface area contributed by atoms with Gasteiger partial charge in [0.2, 0.25) is 0 Å². The third kappa shape index (κ3) is 3.87. The molecular weight excluding hydrogens is 227 g/mol. The van der Waals surface area contributed by atoms with Crippen LogP contribution in [0.1, 0.15) is 19.8 Å². The maximum atomic E-state index is 10.5. The van der Waals surface area contributed by atoms with Gasteiger partial charge in [-0.2, -0.15) is 0 Å².